The van der Waals surface area contributed by atoms with Crippen molar-refractivity contribution >= 4 is 23.8 Å². The molecule has 0 radical (unpaired) electrons. The summed E-state index contributed by atoms with van der Waals surface area (Å²) >= 11 is 0. The Labute approximate surface area is 442 Å². The van der Waals surface area contributed by atoms with Crippen molar-refractivity contribution in [3.8, 4) is 11.5 Å². The second-order valence-electron chi connectivity index (χ2n) is 18.8. The third-order valence-electron chi connectivity index (χ3n) is 13.4. The Morgan fingerprint density at radius 3 is 1.53 bits per heavy atom. The Kier molecular flexibility index (Phi) is 29.9. The number of nitrogens with zero attached hydrogens (tertiary/aromatic N) is 2. The standard InChI is InChI=1S/C54H85N5O16/c1-2-3-21-59-51(62)48(49(60)44-7-5-4-6-8-44)57-52(63)54(59)17-22-58(23-18-54)42-43-9-13-46(14-10-43)75-47-15-11-45(12-16-47)50(61)55-19-24-66-26-28-68-30-32-70-34-36-72-38-40-74-41-39-73-37-35-71-33-31-69-29-27-67-25-20-56-53(64)65/h9-16,44,48-49,56,60H,2-8,17-42H2,1H3,(H,55,61)(H,57,63)(H,64,65)/t48-,49-/m1/s1. The lowest BCUT2D eigenvalue weighted by Crippen LogP contribution is -2.75. The van der Waals surface area contributed by atoms with Crippen molar-refractivity contribution in [2.75, 3.05) is 152 Å². The summed E-state index contributed by atoms with van der Waals surface area (Å²) in [6.07, 6.45) is 5.95. The van der Waals surface area contributed by atoms with Gasteiger partial charge in [0.25, 0.3) is 5.91 Å². The molecule has 0 aromatic heterocycles. The highest BCUT2D eigenvalue weighted by Crippen LogP contribution is 2.37. The lowest BCUT2D eigenvalue weighted by Gasteiger charge is -2.52. The van der Waals surface area contributed by atoms with Crippen molar-refractivity contribution in [3.05, 3.63) is 59.7 Å². The molecule has 3 aliphatic rings. The zero-order valence-electron chi connectivity index (χ0n) is 44.2. The first-order valence-corrected chi connectivity index (χ1v) is 27.0. The fourth-order valence-electron chi connectivity index (χ4n) is 9.20. The first-order chi connectivity index (χ1) is 36.7. The lowest BCUT2D eigenvalue weighted by atomic mass is 9.78. The van der Waals surface area contributed by atoms with E-state index in [1.807, 2.05) is 29.2 Å². The second kappa shape index (κ2) is 36.5. The van der Waals surface area contributed by atoms with Crippen molar-refractivity contribution in [1.82, 2.24) is 25.8 Å². The number of aliphatic hydroxyl groups is 1. The normalized spacial score (nSPS) is 17.5. The molecule has 422 valence electrons. The molecule has 21 heteroatoms. The number of amides is 4. The van der Waals surface area contributed by atoms with Crippen LogP contribution in [0.15, 0.2) is 48.5 Å². The van der Waals surface area contributed by atoms with Gasteiger partial charge in [0.05, 0.1) is 125 Å². The van der Waals surface area contributed by atoms with Gasteiger partial charge in [0, 0.05) is 44.8 Å². The molecular formula is C54H85N5O16. The number of carbonyl (C=O) groups excluding carboxylic acids is 3. The maximum absolute atomic E-state index is 14.0. The summed E-state index contributed by atoms with van der Waals surface area (Å²) in [5.74, 6) is 0.863. The number of carbonyl (C=O) groups is 4. The third-order valence-corrected chi connectivity index (χ3v) is 13.4. The quantitative estimate of drug-likeness (QED) is 0.0592. The predicted molar refractivity (Wildman–Crippen MR) is 277 cm³/mol. The molecule has 75 heavy (non-hydrogen) atoms. The van der Waals surface area contributed by atoms with Crippen LogP contribution in [0.5, 0.6) is 11.5 Å². The molecule has 2 saturated heterocycles. The molecule has 5 rings (SSSR count). The summed E-state index contributed by atoms with van der Waals surface area (Å²) in [7, 11) is 0. The highest BCUT2D eigenvalue weighted by molar-refractivity contribution is 6.00. The topological polar surface area (TPSA) is 244 Å². The first-order valence-electron chi connectivity index (χ1n) is 27.0. The molecule has 3 fully saturated rings. The van der Waals surface area contributed by atoms with Gasteiger partial charge in [0.2, 0.25) is 11.8 Å². The molecule has 2 heterocycles. The van der Waals surface area contributed by atoms with E-state index in [-0.39, 0.29) is 30.2 Å². The van der Waals surface area contributed by atoms with Gasteiger partial charge < -0.3 is 78.4 Å². The van der Waals surface area contributed by atoms with Crippen LogP contribution >= 0.6 is 0 Å². The Bertz CT molecular complexity index is 1880. The Balaban J connectivity index is 0.809. The van der Waals surface area contributed by atoms with Crippen LogP contribution in [0.3, 0.4) is 0 Å². The minimum atomic E-state index is -1.07. The molecule has 21 nitrogen and oxygen atoms in total. The van der Waals surface area contributed by atoms with Crippen LogP contribution in [0, 0.1) is 5.92 Å². The van der Waals surface area contributed by atoms with E-state index in [1.165, 1.54) is 0 Å². The summed E-state index contributed by atoms with van der Waals surface area (Å²) in [5.41, 5.74) is 0.734. The van der Waals surface area contributed by atoms with Crippen molar-refractivity contribution in [1.29, 1.82) is 0 Å². The Morgan fingerprint density at radius 1 is 0.640 bits per heavy atom. The summed E-state index contributed by atoms with van der Waals surface area (Å²) in [6, 6.07) is 14.0. The maximum Gasteiger partial charge on any atom is 0.404 e. The molecule has 2 aromatic carbocycles. The van der Waals surface area contributed by atoms with Crippen molar-refractivity contribution in [2.24, 2.45) is 5.92 Å². The number of likely N-dealkylation sites (tertiary alicyclic amines) is 1. The molecule has 2 aromatic rings. The Hall–Kier alpha value is -4.52. The summed E-state index contributed by atoms with van der Waals surface area (Å²) in [5, 5.41) is 27.8. The van der Waals surface area contributed by atoms with E-state index in [0.717, 1.165) is 50.5 Å². The lowest BCUT2D eigenvalue weighted by molar-refractivity contribution is -0.166. The minimum Gasteiger partial charge on any atom is -0.465 e. The number of unbranched alkanes of at least 4 members (excludes halogenated alkanes) is 1. The molecule has 4 amide bonds. The van der Waals surface area contributed by atoms with Crippen LogP contribution in [-0.2, 0) is 58.8 Å². The number of hydrogen-bond donors (Lipinski definition) is 5. The Morgan fingerprint density at radius 2 is 1.08 bits per heavy atom. The number of aliphatic hydroxyl groups excluding tert-OH is 1. The monoisotopic (exact) mass is 1060 g/mol. The van der Waals surface area contributed by atoms with Crippen molar-refractivity contribution < 1.29 is 76.8 Å². The zero-order chi connectivity index (χ0) is 53.2. The minimum absolute atomic E-state index is 0.0444. The molecule has 0 bridgehead atoms. The van der Waals surface area contributed by atoms with Crippen molar-refractivity contribution in [2.45, 2.75) is 88.9 Å². The van der Waals surface area contributed by atoms with Gasteiger partial charge >= 0.3 is 6.09 Å². The zero-order valence-corrected chi connectivity index (χ0v) is 44.2. The summed E-state index contributed by atoms with van der Waals surface area (Å²) in [6.45, 7) is 12.9. The molecule has 2 atom stereocenters. The van der Waals surface area contributed by atoms with E-state index in [9.17, 15) is 24.3 Å². The van der Waals surface area contributed by atoms with Crippen LogP contribution in [0.2, 0.25) is 0 Å². The van der Waals surface area contributed by atoms with Crippen LogP contribution in [0.4, 0.5) is 4.79 Å². The smallest absolute Gasteiger partial charge is 0.404 e. The molecule has 1 saturated carbocycles. The molecule has 1 aliphatic carbocycles. The van der Waals surface area contributed by atoms with E-state index in [2.05, 4.69) is 27.8 Å². The highest BCUT2D eigenvalue weighted by atomic mass is 16.6. The summed E-state index contributed by atoms with van der Waals surface area (Å²) < 4.78 is 55.2. The highest BCUT2D eigenvalue weighted by Gasteiger charge is 2.55. The van der Waals surface area contributed by atoms with E-state index in [4.69, 9.17) is 52.5 Å². The number of nitrogens with one attached hydrogen (secondary N) is 3. The van der Waals surface area contributed by atoms with Gasteiger partial charge in [-0.15, -0.1) is 0 Å². The van der Waals surface area contributed by atoms with Crippen molar-refractivity contribution in [3.63, 3.8) is 0 Å². The largest absolute Gasteiger partial charge is 0.465 e. The third kappa shape index (κ3) is 22.9. The van der Waals surface area contributed by atoms with Gasteiger partial charge in [-0.2, -0.15) is 0 Å². The van der Waals surface area contributed by atoms with Crippen LogP contribution in [0.25, 0.3) is 0 Å². The van der Waals surface area contributed by atoms with Gasteiger partial charge in [-0.1, -0.05) is 44.7 Å². The average molecular weight is 1060 g/mol. The molecule has 5 N–H and O–H groups in total. The van der Waals surface area contributed by atoms with Gasteiger partial charge in [-0.05, 0) is 80.0 Å². The summed E-state index contributed by atoms with van der Waals surface area (Å²) in [4.78, 5) is 55.0. The maximum atomic E-state index is 14.0. The van der Waals surface area contributed by atoms with E-state index >= 15 is 0 Å². The van der Waals surface area contributed by atoms with E-state index in [0.29, 0.717) is 182 Å². The fraction of sp³-hybridized carbons (Fsp3) is 0.704. The van der Waals surface area contributed by atoms with Gasteiger partial charge in [-0.25, -0.2) is 4.79 Å². The first kappa shape index (κ1) is 61.3. The van der Waals surface area contributed by atoms with Crippen LogP contribution in [-0.4, -0.2) is 213 Å². The van der Waals surface area contributed by atoms with Crippen LogP contribution in [0.1, 0.15) is 80.6 Å². The fourth-order valence-corrected chi connectivity index (χ4v) is 9.20. The van der Waals surface area contributed by atoms with Gasteiger partial charge in [0.15, 0.2) is 0 Å². The van der Waals surface area contributed by atoms with E-state index in [1.54, 1.807) is 24.3 Å². The number of piperidine rings is 1. The van der Waals surface area contributed by atoms with Gasteiger partial charge in [-0.3, -0.25) is 19.3 Å². The number of piperazine rings is 1. The number of hydrogen-bond acceptors (Lipinski definition) is 16. The predicted octanol–water partition coefficient (Wildman–Crippen LogP) is 4.03. The molecule has 2 aliphatic heterocycles. The van der Waals surface area contributed by atoms with Crippen LogP contribution < -0.4 is 20.7 Å². The number of rotatable bonds is 40. The van der Waals surface area contributed by atoms with Gasteiger partial charge in [0.1, 0.15) is 23.1 Å². The molecule has 1 spiro atoms. The average Bonchev–Trinajstić information content (AvgIpc) is 3.42. The number of carboxylic acid groups (broad SMARTS) is 1. The number of benzene rings is 2. The molecule has 0 unspecified atom stereocenters. The second-order valence-corrected chi connectivity index (χ2v) is 18.8. The molecular weight excluding hydrogens is 975 g/mol. The van der Waals surface area contributed by atoms with E-state index < -0.39 is 23.8 Å². The SMILES string of the molecule is CCCCN1C(=O)[C@@H]([C@H](O)C2CCCCC2)NC(=O)C12CCN(Cc1ccc(Oc3ccc(C(=O)NCCOCCOCCOCCOCCOCCOCCOCCOCCOCCNC(=O)O)cc3)cc1)CC2. The number of ether oxygens (including phenoxy) is 10.